The van der Waals surface area contributed by atoms with Crippen LogP contribution in [0.5, 0.6) is 5.75 Å². The Morgan fingerprint density at radius 2 is 1.96 bits per heavy atom. The van der Waals surface area contributed by atoms with Crippen molar-refractivity contribution >= 4 is 23.3 Å². The number of hydrogen-bond donors (Lipinski definition) is 1. The van der Waals surface area contributed by atoms with Crippen molar-refractivity contribution in [2.45, 2.75) is 33.1 Å². The second kappa shape index (κ2) is 8.04. The Kier molecular flexibility index (Phi) is 5.56. The van der Waals surface area contributed by atoms with Crippen molar-refractivity contribution in [3.8, 4) is 5.75 Å². The second-order valence-corrected chi connectivity index (χ2v) is 6.65. The van der Waals surface area contributed by atoms with Gasteiger partial charge in [-0.05, 0) is 55.2 Å². The van der Waals surface area contributed by atoms with E-state index in [4.69, 9.17) is 4.74 Å². The van der Waals surface area contributed by atoms with E-state index in [1.165, 1.54) is 5.56 Å². The molecule has 0 fully saturated rings. The number of carbonyl (C=O) groups excluding carboxylic acids is 2. The van der Waals surface area contributed by atoms with E-state index in [1.807, 2.05) is 43.3 Å². The van der Waals surface area contributed by atoms with Gasteiger partial charge in [-0.15, -0.1) is 0 Å². The number of ether oxygens (including phenoxy) is 1. The zero-order chi connectivity index (χ0) is 18.5. The molecule has 26 heavy (non-hydrogen) atoms. The fourth-order valence-electron chi connectivity index (χ4n) is 3.01. The van der Waals surface area contributed by atoms with Gasteiger partial charge in [0.05, 0.1) is 12.2 Å². The molecule has 0 bridgehead atoms. The molecule has 0 spiro atoms. The van der Waals surface area contributed by atoms with Crippen molar-refractivity contribution < 1.29 is 14.3 Å². The average Bonchev–Trinajstić information content (AvgIpc) is 2.61. The summed E-state index contributed by atoms with van der Waals surface area (Å²) in [7, 11) is 0. The molecule has 0 aliphatic carbocycles. The number of nitrogens with one attached hydrogen (secondary N) is 1. The topological polar surface area (TPSA) is 58.6 Å². The molecule has 2 aromatic rings. The Bertz CT molecular complexity index is 799. The number of esters is 1. The molecule has 0 aromatic heterocycles. The van der Waals surface area contributed by atoms with E-state index >= 15 is 0 Å². The zero-order valence-corrected chi connectivity index (χ0v) is 15.2. The molecule has 0 saturated carbocycles. The van der Waals surface area contributed by atoms with Crippen LogP contribution >= 0.6 is 0 Å². The Morgan fingerprint density at radius 3 is 2.69 bits per heavy atom. The van der Waals surface area contributed by atoms with Crippen LogP contribution in [0, 0.1) is 6.92 Å². The number of rotatable bonds is 6. The summed E-state index contributed by atoms with van der Waals surface area (Å²) in [5.41, 5.74) is 3.86. The highest BCUT2D eigenvalue weighted by atomic mass is 16.5. The number of benzene rings is 2. The van der Waals surface area contributed by atoms with E-state index in [-0.39, 0.29) is 25.0 Å². The van der Waals surface area contributed by atoms with Gasteiger partial charge in [0.1, 0.15) is 6.54 Å². The molecule has 5 nitrogen and oxygen atoms in total. The van der Waals surface area contributed by atoms with Gasteiger partial charge in [0, 0.05) is 5.69 Å². The fraction of sp³-hybridized carbons (Fsp3) is 0.333. The van der Waals surface area contributed by atoms with Gasteiger partial charge in [0.2, 0.25) is 5.91 Å². The van der Waals surface area contributed by atoms with E-state index < -0.39 is 0 Å². The van der Waals surface area contributed by atoms with Gasteiger partial charge < -0.3 is 15.0 Å². The first-order valence-electron chi connectivity index (χ1n) is 9.00. The summed E-state index contributed by atoms with van der Waals surface area (Å²) < 4.78 is 5.25. The number of fused-ring (bicyclic) bond motifs is 1. The fourth-order valence-corrected chi connectivity index (χ4v) is 3.01. The van der Waals surface area contributed by atoms with Gasteiger partial charge in [-0.2, -0.15) is 0 Å². The molecule has 0 radical (unpaired) electrons. The van der Waals surface area contributed by atoms with E-state index in [9.17, 15) is 9.59 Å². The molecule has 1 aliphatic heterocycles. The average molecular weight is 352 g/mol. The molecule has 3 rings (SSSR count). The summed E-state index contributed by atoms with van der Waals surface area (Å²) in [5.74, 6) is -0.0113. The molecule has 0 atom stereocenters. The smallest absolute Gasteiger partial charge is 0.331 e. The monoisotopic (exact) mass is 352 g/mol. The minimum atomic E-state index is -0.352. The highest BCUT2D eigenvalue weighted by Crippen LogP contribution is 2.32. The molecule has 2 aromatic carbocycles. The predicted octanol–water partition coefficient (Wildman–Crippen LogP) is 3.70. The summed E-state index contributed by atoms with van der Waals surface area (Å²) in [6, 6.07) is 13.5. The second-order valence-electron chi connectivity index (χ2n) is 6.65. The van der Waals surface area contributed by atoms with Crippen molar-refractivity contribution in [3.63, 3.8) is 0 Å². The Labute approximate surface area is 154 Å². The lowest BCUT2D eigenvalue weighted by Gasteiger charge is -2.29. The molecular weight excluding hydrogens is 328 g/mol. The van der Waals surface area contributed by atoms with Crippen LogP contribution in [0.1, 0.15) is 30.9 Å². The lowest BCUT2D eigenvalue weighted by molar-refractivity contribution is -0.133. The number of aryl methyl sites for hydroxylation is 2. The van der Waals surface area contributed by atoms with Crippen LogP contribution in [-0.4, -0.2) is 25.0 Å². The third kappa shape index (κ3) is 4.42. The van der Waals surface area contributed by atoms with Crippen molar-refractivity contribution in [1.82, 2.24) is 0 Å². The summed E-state index contributed by atoms with van der Waals surface area (Å²) >= 11 is 0. The van der Waals surface area contributed by atoms with E-state index in [2.05, 4.69) is 12.2 Å². The summed E-state index contributed by atoms with van der Waals surface area (Å²) in [5, 5.41) is 2.90. The van der Waals surface area contributed by atoms with Crippen molar-refractivity contribution in [1.29, 1.82) is 0 Å². The number of carbonyl (C=O) groups is 2. The first kappa shape index (κ1) is 18.0. The Balaban J connectivity index is 1.65. The normalized spacial score (nSPS) is 13.2. The maximum atomic E-state index is 12.4. The van der Waals surface area contributed by atoms with Crippen LogP contribution in [0.2, 0.25) is 0 Å². The first-order valence-corrected chi connectivity index (χ1v) is 9.00. The summed E-state index contributed by atoms with van der Waals surface area (Å²) in [6.45, 7) is 4.31. The summed E-state index contributed by atoms with van der Waals surface area (Å²) in [6.07, 6.45) is 3.38. The molecule has 0 saturated heterocycles. The molecule has 1 aliphatic rings. The number of nitrogens with zero attached hydrogens (tertiary/aromatic N) is 1. The minimum Gasteiger partial charge on any atom is -0.423 e. The van der Waals surface area contributed by atoms with Gasteiger partial charge in [0.15, 0.2) is 5.75 Å². The van der Waals surface area contributed by atoms with Gasteiger partial charge in [0.25, 0.3) is 0 Å². The van der Waals surface area contributed by atoms with Crippen LogP contribution in [0.4, 0.5) is 11.4 Å². The molecule has 1 amide bonds. The van der Waals surface area contributed by atoms with Gasteiger partial charge in [-0.3, -0.25) is 4.79 Å². The molecule has 1 N–H and O–H groups in total. The molecule has 136 valence electrons. The van der Waals surface area contributed by atoms with Crippen LogP contribution in [0.25, 0.3) is 0 Å². The molecule has 5 heteroatoms. The third-order valence-electron chi connectivity index (χ3n) is 4.39. The lowest BCUT2D eigenvalue weighted by Crippen LogP contribution is -2.41. The molecule has 0 unspecified atom stereocenters. The van der Waals surface area contributed by atoms with Crippen molar-refractivity contribution in [3.05, 3.63) is 53.6 Å². The minimum absolute atomic E-state index is 0.0693. The van der Waals surface area contributed by atoms with Crippen LogP contribution in [0.15, 0.2) is 42.5 Å². The van der Waals surface area contributed by atoms with Crippen molar-refractivity contribution in [2.24, 2.45) is 0 Å². The van der Waals surface area contributed by atoms with E-state index in [0.717, 1.165) is 36.2 Å². The van der Waals surface area contributed by atoms with E-state index in [1.54, 1.807) is 11.0 Å². The van der Waals surface area contributed by atoms with Gasteiger partial charge in [-0.1, -0.05) is 31.5 Å². The quantitative estimate of drug-likeness (QED) is 0.636. The SMILES string of the molecule is CCCCc1ccc(NC(=O)CN2CC(=O)Oc3ccc(C)cc32)cc1. The highest BCUT2D eigenvalue weighted by Gasteiger charge is 2.25. The summed E-state index contributed by atoms with van der Waals surface area (Å²) in [4.78, 5) is 26.0. The number of anilines is 2. The third-order valence-corrected chi connectivity index (χ3v) is 4.39. The maximum absolute atomic E-state index is 12.4. The van der Waals surface area contributed by atoms with Crippen LogP contribution in [-0.2, 0) is 16.0 Å². The van der Waals surface area contributed by atoms with Crippen molar-refractivity contribution in [2.75, 3.05) is 23.3 Å². The van der Waals surface area contributed by atoms with E-state index in [0.29, 0.717) is 5.75 Å². The predicted molar refractivity (Wildman–Crippen MR) is 103 cm³/mol. The number of amides is 1. The highest BCUT2D eigenvalue weighted by molar-refractivity contribution is 5.96. The standard InChI is InChI=1S/C21H24N2O3/c1-3-4-5-16-7-9-17(10-8-16)22-20(24)13-23-14-21(25)26-19-11-6-15(2)12-18(19)23/h6-12H,3-5,13-14H2,1-2H3,(H,22,24). The Hall–Kier alpha value is -2.82. The lowest BCUT2D eigenvalue weighted by atomic mass is 10.1. The van der Waals surface area contributed by atoms with Crippen LogP contribution in [0.3, 0.4) is 0 Å². The molecular formula is C21H24N2O3. The van der Waals surface area contributed by atoms with Gasteiger partial charge in [-0.25, -0.2) is 4.79 Å². The largest absolute Gasteiger partial charge is 0.423 e. The molecule has 1 heterocycles. The van der Waals surface area contributed by atoms with Gasteiger partial charge >= 0.3 is 5.97 Å². The van der Waals surface area contributed by atoms with Crippen LogP contribution < -0.4 is 15.0 Å². The maximum Gasteiger partial charge on any atom is 0.331 e. The Morgan fingerprint density at radius 1 is 1.19 bits per heavy atom. The first-order chi connectivity index (χ1) is 12.5. The number of unbranched alkanes of at least 4 members (excludes halogenated alkanes) is 1. The number of hydrogen-bond acceptors (Lipinski definition) is 4. The zero-order valence-electron chi connectivity index (χ0n) is 15.2.